The topological polar surface area (TPSA) is 66.5 Å². The molecule has 114 valence electrons. The van der Waals surface area contributed by atoms with E-state index in [-0.39, 0.29) is 16.1 Å². The fraction of sp³-hybridized carbons (Fsp3) is 0.500. The number of nitrogens with one attached hydrogen (secondary N) is 1. The van der Waals surface area contributed by atoms with Crippen LogP contribution in [0.1, 0.15) is 26.2 Å². The normalized spacial score (nSPS) is 23.5. The first kappa shape index (κ1) is 14.9. The zero-order valence-electron chi connectivity index (χ0n) is 11.8. The molecule has 1 N–H and O–H groups in total. The molecule has 1 aromatic rings. The minimum absolute atomic E-state index is 0.0653. The molecule has 1 fully saturated rings. The lowest BCUT2D eigenvalue weighted by atomic mass is 10.3. The van der Waals surface area contributed by atoms with E-state index < -0.39 is 10.0 Å². The highest BCUT2D eigenvalue weighted by Gasteiger charge is 2.28. The molecule has 1 atom stereocenters. The second kappa shape index (κ2) is 5.62. The second-order valence-corrected chi connectivity index (χ2v) is 8.87. The summed E-state index contributed by atoms with van der Waals surface area (Å²) in [4.78, 5) is 13.0. The van der Waals surface area contributed by atoms with Crippen molar-refractivity contribution in [3.63, 3.8) is 0 Å². The highest BCUT2D eigenvalue weighted by Crippen LogP contribution is 2.36. The summed E-state index contributed by atoms with van der Waals surface area (Å²) >= 11 is 1.60. The Morgan fingerprint density at radius 2 is 2.00 bits per heavy atom. The van der Waals surface area contributed by atoms with Crippen molar-refractivity contribution < 1.29 is 13.2 Å². The Morgan fingerprint density at radius 3 is 2.71 bits per heavy atom. The zero-order valence-corrected chi connectivity index (χ0v) is 13.5. The Balaban J connectivity index is 1.97. The summed E-state index contributed by atoms with van der Waals surface area (Å²) in [6, 6.07) is 5.03. The van der Waals surface area contributed by atoms with Gasteiger partial charge in [0.2, 0.25) is 15.9 Å². The molecule has 7 heteroatoms. The van der Waals surface area contributed by atoms with Gasteiger partial charge in [-0.2, -0.15) is 4.31 Å². The van der Waals surface area contributed by atoms with Gasteiger partial charge < -0.3 is 5.32 Å². The third kappa shape index (κ3) is 2.95. The molecule has 1 saturated heterocycles. The van der Waals surface area contributed by atoms with Crippen LogP contribution in [0.25, 0.3) is 0 Å². The van der Waals surface area contributed by atoms with Crippen LogP contribution in [0.4, 0.5) is 5.69 Å². The van der Waals surface area contributed by atoms with Crippen LogP contribution in [0.5, 0.6) is 0 Å². The summed E-state index contributed by atoms with van der Waals surface area (Å²) in [7, 11) is -3.44. The van der Waals surface area contributed by atoms with Crippen LogP contribution < -0.4 is 5.32 Å². The lowest BCUT2D eigenvalue weighted by Crippen LogP contribution is -2.28. The number of carbonyl (C=O) groups is 1. The number of nitrogens with zero attached hydrogens (tertiary/aromatic N) is 1. The molecule has 2 heterocycles. The van der Waals surface area contributed by atoms with Gasteiger partial charge in [-0.3, -0.25) is 4.79 Å². The number of thioether (sulfide) groups is 1. The number of hydrogen-bond donors (Lipinski definition) is 1. The molecule has 0 aliphatic carbocycles. The summed E-state index contributed by atoms with van der Waals surface area (Å²) in [6.45, 7) is 3.16. The number of carbonyl (C=O) groups excluding carboxylic acids is 1. The number of fused-ring (bicyclic) bond motifs is 1. The second-order valence-electron chi connectivity index (χ2n) is 5.45. The average Bonchev–Trinajstić information content (AvgIpc) is 2.90. The summed E-state index contributed by atoms with van der Waals surface area (Å²) in [5.74, 6) is -0.0653. The van der Waals surface area contributed by atoms with Crippen LogP contribution in [0.3, 0.4) is 0 Å². The first-order valence-corrected chi connectivity index (χ1v) is 9.39. The SMILES string of the molecule is C[C@@H]1CC(=O)Nc2cc(S(=O)(=O)N3CCCC3)ccc2S1. The molecular weight excluding hydrogens is 308 g/mol. The van der Waals surface area contributed by atoms with Crippen molar-refractivity contribution in [1.29, 1.82) is 0 Å². The van der Waals surface area contributed by atoms with Gasteiger partial charge in [0.05, 0.1) is 10.6 Å². The van der Waals surface area contributed by atoms with Crippen molar-refractivity contribution in [2.24, 2.45) is 0 Å². The maximum Gasteiger partial charge on any atom is 0.243 e. The van der Waals surface area contributed by atoms with Gasteiger partial charge in [-0.1, -0.05) is 6.92 Å². The zero-order chi connectivity index (χ0) is 15.0. The van der Waals surface area contributed by atoms with Gasteiger partial charge in [0.15, 0.2) is 0 Å². The Morgan fingerprint density at radius 1 is 1.29 bits per heavy atom. The van der Waals surface area contributed by atoms with Crippen molar-refractivity contribution in [2.75, 3.05) is 18.4 Å². The molecule has 0 bridgehead atoms. The maximum atomic E-state index is 12.6. The minimum Gasteiger partial charge on any atom is -0.325 e. The fourth-order valence-corrected chi connectivity index (χ4v) is 5.26. The molecular formula is C14H18N2O3S2. The Hall–Kier alpha value is -1.05. The van der Waals surface area contributed by atoms with Gasteiger partial charge in [-0.25, -0.2) is 8.42 Å². The van der Waals surface area contributed by atoms with E-state index in [4.69, 9.17) is 0 Å². The Labute approximate surface area is 129 Å². The smallest absolute Gasteiger partial charge is 0.243 e. The summed E-state index contributed by atoms with van der Waals surface area (Å²) in [5, 5.41) is 3.00. The van der Waals surface area contributed by atoms with Crippen molar-refractivity contribution in [3.8, 4) is 0 Å². The van der Waals surface area contributed by atoms with E-state index in [0.29, 0.717) is 25.2 Å². The van der Waals surface area contributed by atoms with Crippen molar-refractivity contribution in [3.05, 3.63) is 18.2 Å². The molecule has 0 unspecified atom stereocenters. The largest absolute Gasteiger partial charge is 0.325 e. The van der Waals surface area contributed by atoms with E-state index in [2.05, 4.69) is 5.32 Å². The fourth-order valence-electron chi connectivity index (χ4n) is 2.67. The van der Waals surface area contributed by atoms with E-state index in [1.54, 1.807) is 30.0 Å². The molecule has 0 saturated carbocycles. The molecule has 5 nitrogen and oxygen atoms in total. The number of rotatable bonds is 2. The van der Waals surface area contributed by atoms with E-state index in [1.165, 1.54) is 4.31 Å². The molecule has 21 heavy (non-hydrogen) atoms. The highest BCUT2D eigenvalue weighted by molar-refractivity contribution is 8.00. The van der Waals surface area contributed by atoms with Gasteiger partial charge in [0.1, 0.15) is 0 Å². The van der Waals surface area contributed by atoms with Crippen LogP contribution in [0.15, 0.2) is 28.0 Å². The third-order valence-electron chi connectivity index (χ3n) is 3.73. The first-order chi connectivity index (χ1) is 9.96. The van der Waals surface area contributed by atoms with E-state index in [0.717, 1.165) is 17.7 Å². The predicted octanol–water partition coefficient (Wildman–Crippen LogP) is 2.29. The highest BCUT2D eigenvalue weighted by atomic mass is 32.2. The van der Waals surface area contributed by atoms with Crippen LogP contribution >= 0.6 is 11.8 Å². The molecule has 1 amide bonds. The molecule has 0 aromatic heterocycles. The van der Waals surface area contributed by atoms with Crippen LogP contribution in [-0.2, 0) is 14.8 Å². The minimum atomic E-state index is -3.44. The van der Waals surface area contributed by atoms with Crippen LogP contribution in [0, 0.1) is 0 Å². The monoisotopic (exact) mass is 326 g/mol. The van der Waals surface area contributed by atoms with Gasteiger partial charge in [-0.15, -0.1) is 11.8 Å². The quantitative estimate of drug-likeness (QED) is 0.905. The van der Waals surface area contributed by atoms with Crippen molar-refractivity contribution in [2.45, 2.75) is 41.2 Å². The lowest BCUT2D eigenvalue weighted by molar-refractivity contribution is -0.116. The maximum absolute atomic E-state index is 12.6. The van der Waals surface area contributed by atoms with Crippen LogP contribution in [-0.4, -0.2) is 37.0 Å². The van der Waals surface area contributed by atoms with Gasteiger partial charge in [0, 0.05) is 29.7 Å². The van der Waals surface area contributed by atoms with Gasteiger partial charge in [-0.05, 0) is 31.0 Å². The van der Waals surface area contributed by atoms with E-state index >= 15 is 0 Å². The molecule has 1 aromatic carbocycles. The first-order valence-electron chi connectivity index (χ1n) is 7.07. The van der Waals surface area contributed by atoms with Gasteiger partial charge >= 0.3 is 0 Å². The number of benzene rings is 1. The van der Waals surface area contributed by atoms with Crippen molar-refractivity contribution >= 4 is 33.4 Å². The van der Waals surface area contributed by atoms with Gasteiger partial charge in [0.25, 0.3) is 0 Å². The molecule has 0 spiro atoms. The summed E-state index contributed by atoms with van der Waals surface area (Å²) in [6.07, 6.45) is 2.26. The van der Waals surface area contributed by atoms with Crippen LogP contribution in [0.2, 0.25) is 0 Å². The number of hydrogen-bond acceptors (Lipinski definition) is 4. The molecule has 0 radical (unpaired) electrons. The summed E-state index contributed by atoms with van der Waals surface area (Å²) < 4.78 is 26.6. The Bertz CT molecular complexity index is 667. The average molecular weight is 326 g/mol. The van der Waals surface area contributed by atoms with Crippen molar-refractivity contribution in [1.82, 2.24) is 4.31 Å². The number of amides is 1. The van der Waals surface area contributed by atoms with E-state index in [1.807, 2.05) is 6.92 Å². The van der Waals surface area contributed by atoms with E-state index in [9.17, 15) is 13.2 Å². The molecule has 2 aliphatic heterocycles. The lowest BCUT2D eigenvalue weighted by Gasteiger charge is -2.17. The predicted molar refractivity (Wildman–Crippen MR) is 83.0 cm³/mol. The molecule has 3 rings (SSSR count). The molecule has 2 aliphatic rings. The number of sulfonamides is 1. The number of anilines is 1. The Kier molecular flexibility index (Phi) is 3.98. The third-order valence-corrected chi connectivity index (χ3v) is 6.80. The standard InChI is InChI=1S/C14H18N2O3S2/c1-10-8-14(17)15-12-9-11(4-5-13(12)20-10)21(18,19)16-6-2-3-7-16/h4-5,9-10H,2-3,6-8H2,1H3,(H,15,17)/t10-/m1/s1. The summed E-state index contributed by atoms with van der Waals surface area (Å²) in [5.41, 5.74) is 0.606.